The van der Waals surface area contributed by atoms with Crippen LogP contribution in [-0.4, -0.2) is 31.1 Å². The van der Waals surface area contributed by atoms with Crippen LogP contribution in [0.1, 0.15) is 46.6 Å². The summed E-state index contributed by atoms with van der Waals surface area (Å²) in [6.45, 7) is 10.0. The zero-order chi connectivity index (χ0) is 17.5. The van der Waals surface area contributed by atoms with Gasteiger partial charge in [-0.05, 0) is 30.9 Å². The number of carbonyl (C=O) groups is 2. The molecule has 0 spiro atoms. The number of carbonyl (C=O) groups excluding carboxylic acids is 2. The molecule has 1 aromatic carbocycles. The number of ether oxygens (including phenoxy) is 2. The van der Waals surface area contributed by atoms with E-state index in [0.717, 1.165) is 5.56 Å². The Labute approximate surface area is 138 Å². The first kappa shape index (κ1) is 19.0. The summed E-state index contributed by atoms with van der Waals surface area (Å²) >= 11 is 0. The number of esters is 1. The minimum atomic E-state index is -0.320. The summed E-state index contributed by atoms with van der Waals surface area (Å²) in [5, 5.41) is 2.65. The Morgan fingerprint density at radius 1 is 1.17 bits per heavy atom. The van der Waals surface area contributed by atoms with Crippen LogP contribution in [0.15, 0.2) is 24.3 Å². The fourth-order valence-electron chi connectivity index (χ4n) is 2.03. The zero-order valence-electron chi connectivity index (χ0n) is 14.6. The Balaban J connectivity index is 2.41. The molecule has 0 atom stereocenters. The minimum Gasteiger partial charge on any atom is -0.483 e. The van der Waals surface area contributed by atoms with Crippen molar-refractivity contribution in [1.82, 2.24) is 5.32 Å². The summed E-state index contributed by atoms with van der Waals surface area (Å²) in [5.74, 6) is 0.125. The van der Waals surface area contributed by atoms with Gasteiger partial charge >= 0.3 is 5.97 Å². The lowest BCUT2D eigenvalue weighted by Crippen LogP contribution is -2.31. The van der Waals surface area contributed by atoms with E-state index in [1.54, 1.807) is 13.8 Å². The summed E-state index contributed by atoms with van der Waals surface area (Å²) in [5.41, 5.74) is 0.988. The van der Waals surface area contributed by atoms with Gasteiger partial charge in [0.25, 0.3) is 5.91 Å². The number of hydrogen-bond acceptors (Lipinski definition) is 4. The second-order valence-corrected chi connectivity index (χ2v) is 6.67. The van der Waals surface area contributed by atoms with Crippen LogP contribution < -0.4 is 10.1 Å². The van der Waals surface area contributed by atoms with E-state index in [0.29, 0.717) is 5.75 Å². The molecular weight excluding hydrogens is 294 g/mol. The van der Waals surface area contributed by atoms with Gasteiger partial charge in [0, 0.05) is 6.54 Å². The van der Waals surface area contributed by atoms with Gasteiger partial charge in [-0.2, -0.15) is 0 Å². The molecule has 0 radical (unpaired) electrons. The molecule has 0 aliphatic heterocycles. The molecule has 5 heteroatoms. The summed E-state index contributed by atoms with van der Waals surface area (Å²) in [4.78, 5) is 23.2. The van der Waals surface area contributed by atoms with Crippen molar-refractivity contribution in [3.63, 3.8) is 0 Å². The fourth-order valence-corrected chi connectivity index (χ4v) is 2.03. The van der Waals surface area contributed by atoms with E-state index in [-0.39, 0.29) is 43.0 Å². The average molecular weight is 321 g/mol. The Kier molecular flexibility index (Phi) is 7.07. The van der Waals surface area contributed by atoms with Gasteiger partial charge in [-0.15, -0.1) is 0 Å². The predicted octanol–water partition coefficient (Wildman–Crippen LogP) is 2.82. The molecule has 1 aromatic rings. The summed E-state index contributed by atoms with van der Waals surface area (Å²) < 4.78 is 10.6. The molecule has 0 saturated heterocycles. The van der Waals surface area contributed by atoms with Crippen LogP contribution in [0.25, 0.3) is 0 Å². The maximum absolute atomic E-state index is 11.8. The van der Waals surface area contributed by atoms with Crippen molar-refractivity contribution in [3.8, 4) is 5.75 Å². The van der Waals surface area contributed by atoms with Crippen molar-refractivity contribution >= 4 is 11.9 Å². The number of para-hydroxylation sites is 1. The molecule has 0 aliphatic rings. The molecule has 0 bridgehead atoms. The molecule has 0 fully saturated rings. The Morgan fingerprint density at radius 3 is 2.43 bits per heavy atom. The van der Waals surface area contributed by atoms with Crippen LogP contribution in [0.2, 0.25) is 0 Å². The van der Waals surface area contributed by atoms with Crippen LogP contribution in [0.3, 0.4) is 0 Å². The summed E-state index contributed by atoms with van der Waals surface area (Å²) in [6, 6.07) is 7.68. The van der Waals surface area contributed by atoms with Gasteiger partial charge < -0.3 is 14.8 Å². The number of benzene rings is 1. The van der Waals surface area contributed by atoms with Gasteiger partial charge in [0.05, 0.1) is 12.5 Å². The van der Waals surface area contributed by atoms with E-state index in [2.05, 4.69) is 26.1 Å². The molecular formula is C18H27NO4. The first-order chi connectivity index (χ1) is 10.7. The van der Waals surface area contributed by atoms with E-state index < -0.39 is 0 Å². The van der Waals surface area contributed by atoms with Gasteiger partial charge in [0.15, 0.2) is 6.61 Å². The minimum absolute atomic E-state index is 0.0618. The predicted molar refractivity (Wildman–Crippen MR) is 89.5 cm³/mol. The lowest BCUT2D eigenvalue weighted by Gasteiger charge is -2.22. The SMILES string of the molecule is CC(C)OC(=O)CCNC(=O)COc1ccccc1C(C)(C)C. The highest BCUT2D eigenvalue weighted by Crippen LogP contribution is 2.30. The standard InChI is InChI=1S/C18H27NO4/c1-13(2)23-17(21)10-11-19-16(20)12-22-15-9-7-6-8-14(15)18(3,4)5/h6-9,13H,10-12H2,1-5H3,(H,19,20). The number of amides is 1. The largest absolute Gasteiger partial charge is 0.483 e. The van der Waals surface area contributed by atoms with Crippen LogP contribution in [0.5, 0.6) is 5.75 Å². The molecule has 1 rings (SSSR count). The lowest BCUT2D eigenvalue weighted by molar-refractivity contribution is -0.147. The van der Waals surface area contributed by atoms with Crippen LogP contribution in [-0.2, 0) is 19.7 Å². The molecule has 5 nitrogen and oxygen atoms in total. The quantitative estimate of drug-likeness (QED) is 0.784. The second-order valence-electron chi connectivity index (χ2n) is 6.67. The highest BCUT2D eigenvalue weighted by molar-refractivity contribution is 5.78. The number of nitrogens with one attached hydrogen (secondary N) is 1. The molecule has 1 amide bonds. The van der Waals surface area contributed by atoms with E-state index in [1.165, 1.54) is 0 Å². The summed E-state index contributed by atoms with van der Waals surface area (Å²) in [7, 11) is 0. The molecule has 0 aromatic heterocycles. The highest BCUT2D eigenvalue weighted by Gasteiger charge is 2.18. The summed E-state index contributed by atoms with van der Waals surface area (Å²) in [6.07, 6.45) is 0.0121. The van der Waals surface area contributed by atoms with Crippen molar-refractivity contribution in [3.05, 3.63) is 29.8 Å². The smallest absolute Gasteiger partial charge is 0.307 e. The topological polar surface area (TPSA) is 64.6 Å². The normalized spacial score (nSPS) is 11.2. The fraction of sp³-hybridized carbons (Fsp3) is 0.556. The molecule has 0 heterocycles. The first-order valence-electron chi connectivity index (χ1n) is 7.88. The third kappa shape index (κ3) is 7.17. The molecule has 128 valence electrons. The van der Waals surface area contributed by atoms with Crippen molar-refractivity contribution in [2.24, 2.45) is 0 Å². The Hall–Kier alpha value is -2.04. The zero-order valence-corrected chi connectivity index (χ0v) is 14.6. The Morgan fingerprint density at radius 2 is 1.83 bits per heavy atom. The first-order valence-corrected chi connectivity index (χ1v) is 7.88. The number of hydrogen-bond donors (Lipinski definition) is 1. The van der Waals surface area contributed by atoms with Crippen molar-refractivity contribution in [2.75, 3.05) is 13.2 Å². The maximum Gasteiger partial charge on any atom is 0.307 e. The van der Waals surface area contributed by atoms with E-state index in [9.17, 15) is 9.59 Å². The molecule has 23 heavy (non-hydrogen) atoms. The van der Waals surface area contributed by atoms with Gasteiger partial charge in [-0.1, -0.05) is 39.0 Å². The van der Waals surface area contributed by atoms with Gasteiger partial charge in [-0.3, -0.25) is 9.59 Å². The average Bonchev–Trinajstić information content (AvgIpc) is 2.43. The second kappa shape index (κ2) is 8.56. The molecule has 0 unspecified atom stereocenters. The lowest BCUT2D eigenvalue weighted by atomic mass is 9.86. The van der Waals surface area contributed by atoms with E-state index >= 15 is 0 Å². The Bertz CT molecular complexity index is 532. The molecule has 0 saturated carbocycles. The van der Waals surface area contributed by atoms with Crippen LogP contribution in [0.4, 0.5) is 0 Å². The van der Waals surface area contributed by atoms with Crippen molar-refractivity contribution in [1.29, 1.82) is 0 Å². The van der Waals surface area contributed by atoms with Crippen LogP contribution >= 0.6 is 0 Å². The van der Waals surface area contributed by atoms with Crippen molar-refractivity contribution < 1.29 is 19.1 Å². The van der Waals surface area contributed by atoms with Gasteiger partial charge in [-0.25, -0.2) is 0 Å². The maximum atomic E-state index is 11.8. The van der Waals surface area contributed by atoms with Crippen LogP contribution in [0, 0.1) is 0 Å². The van der Waals surface area contributed by atoms with Gasteiger partial charge in [0.1, 0.15) is 5.75 Å². The van der Waals surface area contributed by atoms with Crippen molar-refractivity contribution in [2.45, 2.75) is 52.6 Å². The van der Waals surface area contributed by atoms with E-state index in [4.69, 9.17) is 9.47 Å². The highest BCUT2D eigenvalue weighted by atomic mass is 16.5. The third-order valence-corrected chi connectivity index (χ3v) is 3.07. The van der Waals surface area contributed by atoms with Gasteiger partial charge in [0.2, 0.25) is 0 Å². The third-order valence-electron chi connectivity index (χ3n) is 3.07. The van der Waals surface area contributed by atoms with E-state index in [1.807, 2.05) is 24.3 Å². The molecule has 1 N–H and O–H groups in total. The monoisotopic (exact) mass is 321 g/mol. The molecule has 0 aliphatic carbocycles. The number of rotatable bonds is 7.